The summed E-state index contributed by atoms with van der Waals surface area (Å²) in [6.07, 6.45) is -2.15. The Bertz CT molecular complexity index is 704. The Hall–Kier alpha value is -2.02. The fraction of sp³-hybridized carbons (Fsp3) is 0.333. The highest BCUT2D eigenvalue weighted by Crippen LogP contribution is 2.28. The van der Waals surface area contributed by atoms with E-state index in [2.05, 4.69) is 4.98 Å². The number of oxazole rings is 1. The third kappa shape index (κ3) is 3.85. The summed E-state index contributed by atoms with van der Waals surface area (Å²) >= 11 is 5.74. The Labute approximate surface area is 135 Å². The van der Waals surface area contributed by atoms with Crippen LogP contribution in [0.2, 0.25) is 5.02 Å². The lowest BCUT2D eigenvalue weighted by molar-refractivity contribution is 0.0937. The van der Waals surface area contributed by atoms with Crippen molar-refractivity contribution in [2.24, 2.45) is 5.92 Å². The van der Waals surface area contributed by atoms with Crippen molar-refractivity contribution in [3.05, 3.63) is 46.9 Å². The van der Waals surface area contributed by atoms with Crippen LogP contribution < -0.4 is 4.90 Å². The lowest BCUT2D eigenvalue weighted by Gasteiger charge is -2.24. The predicted octanol–water partition coefficient (Wildman–Crippen LogP) is 4.71. The predicted molar refractivity (Wildman–Crippen MR) is 79.4 cm³/mol. The normalized spacial score (nSPS) is 11.3. The zero-order chi connectivity index (χ0) is 17.1. The van der Waals surface area contributed by atoms with Gasteiger partial charge in [0.15, 0.2) is 12.1 Å². The van der Waals surface area contributed by atoms with Crippen molar-refractivity contribution in [1.29, 1.82) is 0 Å². The number of anilines is 1. The van der Waals surface area contributed by atoms with Crippen LogP contribution in [0.5, 0.6) is 0 Å². The summed E-state index contributed by atoms with van der Waals surface area (Å²) in [5, 5.41) is -0.171. The Morgan fingerprint density at radius 1 is 1.39 bits per heavy atom. The lowest BCUT2D eigenvalue weighted by atomic mass is 10.1. The number of nitrogens with zero attached hydrogens (tertiary/aromatic N) is 2. The minimum atomic E-state index is -2.94. The molecule has 0 bridgehead atoms. The molecule has 4 nitrogen and oxygen atoms in total. The summed E-state index contributed by atoms with van der Waals surface area (Å²) in [7, 11) is 0. The van der Waals surface area contributed by atoms with E-state index in [1.54, 1.807) is 0 Å². The Balaban J connectivity index is 2.43. The number of carbonyl (C=O) groups excluding carboxylic acids is 1. The first-order chi connectivity index (χ1) is 10.8. The van der Waals surface area contributed by atoms with Gasteiger partial charge in [-0.05, 0) is 24.1 Å². The van der Waals surface area contributed by atoms with Crippen LogP contribution in [0.3, 0.4) is 0 Å². The summed E-state index contributed by atoms with van der Waals surface area (Å²) in [5.74, 6) is -1.93. The quantitative estimate of drug-likeness (QED) is 0.787. The molecule has 0 spiro atoms. The van der Waals surface area contributed by atoms with Crippen LogP contribution in [0.15, 0.2) is 29.0 Å². The van der Waals surface area contributed by atoms with Gasteiger partial charge in [0, 0.05) is 12.2 Å². The number of benzene rings is 1. The number of carbonyl (C=O) groups is 1. The average molecular weight is 347 g/mol. The first-order valence-corrected chi connectivity index (χ1v) is 7.17. The van der Waals surface area contributed by atoms with Crippen LogP contribution in [-0.4, -0.2) is 17.4 Å². The van der Waals surface area contributed by atoms with Gasteiger partial charge in [-0.3, -0.25) is 4.79 Å². The molecule has 0 unspecified atom stereocenters. The third-order valence-corrected chi connectivity index (χ3v) is 3.29. The molecule has 0 aliphatic carbocycles. The van der Waals surface area contributed by atoms with Gasteiger partial charge in [0.2, 0.25) is 5.76 Å². The second-order valence-electron chi connectivity index (χ2n) is 5.28. The van der Waals surface area contributed by atoms with Crippen LogP contribution in [0.4, 0.5) is 18.9 Å². The van der Waals surface area contributed by atoms with Crippen molar-refractivity contribution in [1.82, 2.24) is 4.98 Å². The van der Waals surface area contributed by atoms with Crippen molar-refractivity contribution in [3.8, 4) is 0 Å². The summed E-state index contributed by atoms with van der Waals surface area (Å²) in [5.41, 5.74) is -0.441. The number of hydrogen-bond donors (Lipinski definition) is 0. The van der Waals surface area contributed by atoms with E-state index in [-0.39, 0.29) is 23.2 Å². The minimum absolute atomic E-state index is 0.0284. The number of amides is 1. The molecule has 0 aliphatic rings. The van der Waals surface area contributed by atoms with Gasteiger partial charge in [0.1, 0.15) is 5.82 Å². The largest absolute Gasteiger partial charge is 0.438 e. The summed E-state index contributed by atoms with van der Waals surface area (Å²) in [6.45, 7) is 3.91. The number of hydrogen-bond acceptors (Lipinski definition) is 3. The van der Waals surface area contributed by atoms with Gasteiger partial charge >= 0.3 is 0 Å². The second-order valence-corrected chi connectivity index (χ2v) is 5.68. The maximum Gasteiger partial charge on any atom is 0.296 e. The van der Waals surface area contributed by atoms with E-state index in [4.69, 9.17) is 16.0 Å². The maximum absolute atomic E-state index is 13.3. The molecule has 1 aromatic heterocycles. The molecule has 23 heavy (non-hydrogen) atoms. The summed E-state index contributed by atoms with van der Waals surface area (Å²) in [4.78, 5) is 17.2. The van der Waals surface area contributed by atoms with Crippen molar-refractivity contribution < 1.29 is 22.4 Å². The highest BCUT2D eigenvalue weighted by molar-refractivity contribution is 6.31. The van der Waals surface area contributed by atoms with Gasteiger partial charge in [-0.1, -0.05) is 25.4 Å². The van der Waals surface area contributed by atoms with E-state index in [0.717, 1.165) is 12.5 Å². The number of aromatic nitrogens is 1. The summed E-state index contributed by atoms with van der Waals surface area (Å²) < 4.78 is 43.9. The van der Waals surface area contributed by atoms with Crippen LogP contribution >= 0.6 is 11.6 Å². The van der Waals surface area contributed by atoms with Crippen LogP contribution in [0.1, 0.15) is 36.5 Å². The smallest absolute Gasteiger partial charge is 0.296 e. The SMILES string of the molecule is CC(C)CN(C(=O)c1ocnc1C(F)F)c1ccc(F)c(Cl)c1. The zero-order valence-corrected chi connectivity index (χ0v) is 13.1. The fourth-order valence-electron chi connectivity index (χ4n) is 2.02. The number of halogens is 4. The molecule has 0 saturated heterocycles. The molecule has 2 aromatic rings. The van der Waals surface area contributed by atoms with Crippen molar-refractivity contribution in [3.63, 3.8) is 0 Å². The molecule has 0 N–H and O–H groups in total. The van der Waals surface area contributed by atoms with E-state index in [1.807, 2.05) is 13.8 Å². The van der Waals surface area contributed by atoms with Crippen molar-refractivity contribution in [2.75, 3.05) is 11.4 Å². The minimum Gasteiger partial charge on any atom is -0.438 e. The van der Waals surface area contributed by atoms with Gasteiger partial charge in [-0.15, -0.1) is 0 Å². The van der Waals surface area contributed by atoms with Gasteiger partial charge < -0.3 is 9.32 Å². The average Bonchev–Trinajstić information content (AvgIpc) is 2.96. The molecule has 0 saturated carbocycles. The molecule has 2 rings (SSSR count). The number of alkyl halides is 2. The molecular formula is C15H14ClF3N2O2. The third-order valence-electron chi connectivity index (χ3n) is 3.00. The molecule has 8 heteroatoms. The van der Waals surface area contributed by atoms with E-state index < -0.39 is 29.6 Å². The van der Waals surface area contributed by atoms with E-state index >= 15 is 0 Å². The topological polar surface area (TPSA) is 46.3 Å². The molecule has 0 atom stereocenters. The molecule has 1 amide bonds. The summed E-state index contributed by atoms with van der Waals surface area (Å²) in [6, 6.07) is 3.71. The zero-order valence-electron chi connectivity index (χ0n) is 12.4. The van der Waals surface area contributed by atoms with Crippen LogP contribution in [-0.2, 0) is 0 Å². The Kier molecular flexibility index (Phi) is 5.30. The first kappa shape index (κ1) is 17.3. The Morgan fingerprint density at radius 3 is 2.65 bits per heavy atom. The monoisotopic (exact) mass is 346 g/mol. The standard InChI is InChI=1S/C15H14ClF3N2O2/c1-8(2)6-21(9-3-4-11(17)10(16)5-9)15(22)13-12(14(18)19)20-7-23-13/h3-5,7-8,14H,6H2,1-2H3. The van der Waals surface area contributed by atoms with E-state index in [0.29, 0.717) is 0 Å². The van der Waals surface area contributed by atoms with Gasteiger partial charge in [-0.2, -0.15) is 0 Å². The molecule has 1 heterocycles. The first-order valence-electron chi connectivity index (χ1n) is 6.79. The maximum atomic E-state index is 13.3. The lowest BCUT2D eigenvalue weighted by Crippen LogP contribution is -2.34. The van der Waals surface area contributed by atoms with Gasteiger partial charge in [-0.25, -0.2) is 18.2 Å². The van der Waals surface area contributed by atoms with Crippen LogP contribution in [0, 0.1) is 11.7 Å². The van der Waals surface area contributed by atoms with Crippen LogP contribution in [0.25, 0.3) is 0 Å². The molecule has 124 valence electrons. The van der Waals surface area contributed by atoms with E-state index in [1.165, 1.54) is 17.0 Å². The molecule has 0 aliphatic heterocycles. The molecule has 0 fully saturated rings. The number of rotatable bonds is 5. The second kappa shape index (κ2) is 7.04. The molecule has 0 radical (unpaired) electrons. The highest BCUT2D eigenvalue weighted by atomic mass is 35.5. The van der Waals surface area contributed by atoms with E-state index in [9.17, 15) is 18.0 Å². The Morgan fingerprint density at radius 2 is 2.09 bits per heavy atom. The highest BCUT2D eigenvalue weighted by Gasteiger charge is 2.29. The van der Waals surface area contributed by atoms with Gasteiger partial charge in [0.25, 0.3) is 12.3 Å². The fourth-order valence-corrected chi connectivity index (χ4v) is 2.19. The molecule has 1 aromatic carbocycles. The van der Waals surface area contributed by atoms with Crippen molar-refractivity contribution in [2.45, 2.75) is 20.3 Å². The molecular weight excluding hydrogens is 333 g/mol. The van der Waals surface area contributed by atoms with Gasteiger partial charge in [0.05, 0.1) is 5.02 Å². The van der Waals surface area contributed by atoms with Crippen molar-refractivity contribution >= 4 is 23.2 Å².